The lowest BCUT2D eigenvalue weighted by atomic mass is 10.1. The van der Waals surface area contributed by atoms with Crippen LogP contribution in [-0.2, 0) is 34.3 Å². The summed E-state index contributed by atoms with van der Waals surface area (Å²) in [5.41, 5.74) is 0.843. The molecular weight excluding hydrogens is 438 g/mol. The molecule has 8 nitrogen and oxygen atoms in total. The normalized spacial score (nSPS) is 12.5. The van der Waals surface area contributed by atoms with Gasteiger partial charge in [0.05, 0.1) is 11.4 Å². The Hall–Kier alpha value is -3.56. The highest BCUT2D eigenvalue weighted by Crippen LogP contribution is 2.19. The van der Waals surface area contributed by atoms with Crippen LogP contribution in [0.25, 0.3) is 10.8 Å². The Morgan fingerprint density at radius 3 is 2.48 bits per heavy atom. The number of hydrogen-bond donors (Lipinski definition) is 2. The summed E-state index contributed by atoms with van der Waals surface area (Å²) in [6, 6.07) is 20.7. The van der Waals surface area contributed by atoms with E-state index >= 15 is 0 Å². The molecule has 170 valence electrons. The van der Waals surface area contributed by atoms with Gasteiger partial charge in [-0.15, -0.1) is 10.2 Å². The van der Waals surface area contributed by atoms with E-state index in [1.165, 1.54) is 0 Å². The van der Waals surface area contributed by atoms with Crippen LogP contribution in [0.5, 0.6) is 0 Å². The number of nitrogens with zero attached hydrogens (tertiary/aromatic N) is 3. The summed E-state index contributed by atoms with van der Waals surface area (Å²) in [7, 11) is -3.95. The molecule has 4 rings (SSSR count). The fourth-order valence-corrected chi connectivity index (χ4v) is 4.83. The van der Waals surface area contributed by atoms with Crippen LogP contribution in [0.3, 0.4) is 0 Å². The van der Waals surface area contributed by atoms with Gasteiger partial charge in [-0.25, -0.2) is 8.42 Å². The van der Waals surface area contributed by atoms with Gasteiger partial charge in [-0.2, -0.15) is 4.72 Å². The Kier molecular flexibility index (Phi) is 6.81. The van der Waals surface area contributed by atoms with E-state index in [1.807, 2.05) is 66.1 Å². The maximum atomic E-state index is 13.2. The van der Waals surface area contributed by atoms with Crippen LogP contribution in [0.4, 0.5) is 0 Å². The fraction of sp³-hybridized carbons (Fsp3) is 0.208. The highest BCUT2D eigenvalue weighted by Gasteiger charge is 2.26. The zero-order chi connectivity index (χ0) is 23.3. The lowest BCUT2D eigenvalue weighted by molar-refractivity contribution is -0.122. The Balaban J connectivity index is 1.57. The summed E-state index contributed by atoms with van der Waals surface area (Å²) < 4.78 is 30.8. The van der Waals surface area contributed by atoms with Gasteiger partial charge >= 0.3 is 0 Å². The molecule has 9 heteroatoms. The topological polar surface area (TPSA) is 106 Å². The second-order valence-electron chi connectivity index (χ2n) is 7.62. The first-order valence-corrected chi connectivity index (χ1v) is 12.1. The van der Waals surface area contributed by atoms with Gasteiger partial charge in [-0.3, -0.25) is 4.79 Å². The summed E-state index contributed by atoms with van der Waals surface area (Å²) in [6.07, 6.45) is 1.80. The van der Waals surface area contributed by atoms with Crippen molar-refractivity contribution in [1.29, 1.82) is 0 Å². The van der Waals surface area contributed by atoms with Crippen molar-refractivity contribution in [2.24, 2.45) is 0 Å². The third-order valence-electron chi connectivity index (χ3n) is 5.38. The quantitative estimate of drug-likeness (QED) is 0.397. The van der Waals surface area contributed by atoms with Crippen molar-refractivity contribution in [3.8, 4) is 0 Å². The van der Waals surface area contributed by atoms with Crippen LogP contribution >= 0.6 is 0 Å². The highest BCUT2D eigenvalue weighted by atomic mass is 32.2. The largest absolute Gasteiger partial charge is 0.347 e. The lowest BCUT2D eigenvalue weighted by Gasteiger charge is -2.19. The van der Waals surface area contributed by atoms with E-state index in [1.54, 1.807) is 24.5 Å². The second kappa shape index (κ2) is 9.93. The van der Waals surface area contributed by atoms with Crippen LogP contribution in [0.2, 0.25) is 0 Å². The first kappa shape index (κ1) is 22.6. The average Bonchev–Trinajstić information content (AvgIpc) is 3.30. The van der Waals surface area contributed by atoms with Gasteiger partial charge in [0.2, 0.25) is 15.9 Å². The third-order valence-corrected chi connectivity index (χ3v) is 6.85. The van der Waals surface area contributed by atoms with Gasteiger partial charge in [0.15, 0.2) is 5.82 Å². The molecule has 2 N–H and O–H groups in total. The fourth-order valence-electron chi connectivity index (χ4n) is 3.60. The molecule has 0 aliphatic rings. The Morgan fingerprint density at radius 2 is 1.73 bits per heavy atom. The molecule has 0 saturated carbocycles. The first-order valence-electron chi connectivity index (χ1n) is 10.7. The van der Waals surface area contributed by atoms with E-state index in [-0.39, 0.29) is 17.9 Å². The number of hydrogen-bond acceptors (Lipinski definition) is 5. The number of fused-ring (bicyclic) bond motifs is 1. The van der Waals surface area contributed by atoms with Crippen LogP contribution in [0, 0.1) is 0 Å². The molecule has 1 aromatic heterocycles. The van der Waals surface area contributed by atoms with E-state index in [0.717, 1.165) is 16.3 Å². The van der Waals surface area contributed by atoms with Crippen molar-refractivity contribution in [2.75, 3.05) is 0 Å². The number of carbonyl (C=O) groups excluding carboxylic acids is 1. The van der Waals surface area contributed by atoms with Gasteiger partial charge in [0, 0.05) is 6.54 Å². The number of amides is 1. The smallest absolute Gasteiger partial charge is 0.241 e. The molecule has 0 fully saturated rings. The lowest BCUT2D eigenvalue weighted by Crippen LogP contribution is -2.47. The van der Waals surface area contributed by atoms with Crippen molar-refractivity contribution >= 4 is 26.7 Å². The van der Waals surface area contributed by atoms with Crippen molar-refractivity contribution in [3.05, 3.63) is 90.5 Å². The highest BCUT2D eigenvalue weighted by molar-refractivity contribution is 7.89. The number of benzene rings is 3. The molecule has 1 amide bonds. The number of nitrogens with one attached hydrogen (secondary N) is 2. The number of aromatic nitrogens is 3. The number of sulfonamides is 1. The van der Waals surface area contributed by atoms with Gasteiger partial charge in [0.1, 0.15) is 12.4 Å². The minimum atomic E-state index is -3.95. The van der Waals surface area contributed by atoms with Gasteiger partial charge in [-0.1, -0.05) is 60.7 Å². The van der Waals surface area contributed by atoms with Crippen molar-refractivity contribution in [2.45, 2.75) is 37.4 Å². The summed E-state index contributed by atoms with van der Waals surface area (Å²) >= 11 is 0. The first-order chi connectivity index (χ1) is 16.0. The monoisotopic (exact) mass is 463 g/mol. The SMILES string of the molecule is CCn1cnnc1CNC(=O)[C@H](Cc1ccccc1)NS(=O)(=O)c1ccc2ccccc2c1. The molecular formula is C24H25N5O3S. The summed E-state index contributed by atoms with van der Waals surface area (Å²) in [6.45, 7) is 2.76. The van der Waals surface area contributed by atoms with Crippen LogP contribution in [0.15, 0.2) is 84.0 Å². The minimum Gasteiger partial charge on any atom is -0.347 e. The maximum Gasteiger partial charge on any atom is 0.241 e. The minimum absolute atomic E-state index is 0.109. The summed E-state index contributed by atoms with van der Waals surface area (Å²) in [5.74, 6) is 0.163. The van der Waals surface area contributed by atoms with Crippen LogP contribution in [-0.4, -0.2) is 35.1 Å². The maximum absolute atomic E-state index is 13.2. The van der Waals surface area contributed by atoms with Crippen LogP contribution < -0.4 is 10.0 Å². The molecule has 0 unspecified atom stereocenters. The Labute approximate surface area is 192 Å². The van der Waals surface area contributed by atoms with E-state index in [4.69, 9.17) is 0 Å². The van der Waals surface area contributed by atoms with Gasteiger partial charge < -0.3 is 9.88 Å². The van der Waals surface area contributed by atoms with E-state index in [9.17, 15) is 13.2 Å². The molecule has 0 saturated heterocycles. The zero-order valence-corrected chi connectivity index (χ0v) is 19.0. The predicted molar refractivity (Wildman–Crippen MR) is 126 cm³/mol. The van der Waals surface area contributed by atoms with E-state index in [2.05, 4.69) is 20.2 Å². The molecule has 3 aromatic carbocycles. The zero-order valence-electron chi connectivity index (χ0n) is 18.2. The molecule has 0 aliphatic heterocycles. The average molecular weight is 464 g/mol. The number of carbonyl (C=O) groups is 1. The standard InChI is InChI=1S/C24H25N5O3S/c1-2-29-17-26-27-23(29)16-25-24(30)22(14-18-8-4-3-5-9-18)28-33(31,32)21-13-12-19-10-6-7-11-20(19)15-21/h3-13,15,17,22,28H,2,14,16H2,1H3,(H,25,30)/t22-/m0/s1. The molecule has 1 heterocycles. The van der Waals surface area contributed by atoms with Crippen LogP contribution in [0.1, 0.15) is 18.3 Å². The molecule has 0 bridgehead atoms. The second-order valence-corrected chi connectivity index (χ2v) is 9.34. The third kappa shape index (κ3) is 5.44. The Morgan fingerprint density at radius 1 is 1.00 bits per heavy atom. The number of aryl methyl sites for hydroxylation is 1. The predicted octanol–water partition coefficient (Wildman–Crippen LogP) is 2.66. The van der Waals surface area contributed by atoms with E-state index < -0.39 is 22.0 Å². The Bertz CT molecular complexity index is 1350. The molecule has 0 spiro atoms. The molecule has 0 radical (unpaired) electrons. The van der Waals surface area contributed by atoms with Gasteiger partial charge in [-0.05, 0) is 41.8 Å². The number of rotatable bonds is 9. The van der Waals surface area contributed by atoms with Gasteiger partial charge in [0.25, 0.3) is 0 Å². The summed E-state index contributed by atoms with van der Waals surface area (Å²) in [4.78, 5) is 13.2. The van der Waals surface area contributed by atoms with Crippen molar-refractivity contribution in [3.63, 3.8) is 0 Å². The molecule has 4 aromatic rings. The molecule has 0 aliphatic carbocycles. The summed E-state index contributed by atoms with van der Waals surface area (Å²) in [5, 5.41) is 12.4. The van der Waals surface area contributed by atoms with Crippen molar-refractivity contribution in [1.82, 2.24) is 24.8 Å². The molecule has 1 atom stereocenters. The molecule has 33 heavy (non-hydrogen) atoms. The van der Waals surface area contributed by atoms with Crippen molar-refractivity contribution < 1.29 is 13.2 Å². The van der Waals surface area contributed by atoms with E-state index in [0.29, 0.717) is 12.4 Å².